The van der Waals surface area contributed by atoms with Crippen molar-refractivity contribution >= 4 is 23.4 Å². The number of carbonyl (C=O) groups excluding carboxylic acids is 2. The molecule has 1 aromatic carbocycles. The summed E-state index contributed by atoms with van der Waals surface area (Å²) in [5.74, 6) is -0.223. The van der Waals surface area contributed by atoms with Gasteiger partial charge in [-0.05, 0) is 37.1 Å². The molecule has 0 aliphatic rings. The topological polar surface area (TPSA) is 93.9 Å². The number of aromatic nitrogens is 1. The molecule has 2 aromatic rings. The van der Waals surface area contributed by atoms with E-state index < -0.39 is 0 Å². The Bertz CT molecular complexity index is 779. The number of benzene rings is 1. The third-order valence-electron chi connectivity index (χ3n) is 4.08. The van der Waals surface area contributed by atoms with E-state index in [1.807, 2.05) is 0 Å². The number of hydrogen-bond donors (Lipinski definition) is 1. The summed E-state index contributed by atoms with van der Waals surface area (Å²) in [5, 5.41) is 3.30. The van der Waals surface area contributed by atoms with Gasteiger partial charge in [0.1, 0.15) is 6.26 Å². The molecule has 9 heteroatoms. The lowest BCUT2D eigenvalue weighted by molar-refractivity contribution is 0.0708. The van der Waals surface area contributed by atoms with Crippen LogP contribution in [0.1, 0.15) is 39.6 Å². The second kappa shape index (κ2) is 12.2. The van der Waals surface area contributed by atoms with Gasteiger partial charge in [0.05, 0.1) is 6.54 Å². The number of oxazole rings is 1. The molecule has 0 saturated heterocycles. The van der Waals surface area contributed by atoms with Gasteiger partial charge in [-0.3, -0.25) is 9.59 Å². The normalized spacial score (nSPS) is 10.7. The Kier molecular flexibility index (Phi) is 9.63. The lowest BCUT2D eigenvalue weighted by Crippen LogP contribution is -2.32. The van der Waals surface area contributed by atoms with Crippen molar-refractivity contribution in [3.63, 3.8) is 0 Å². The van der Waals surface area contributed by atoms with Crippen LogP contribution in [0.15, 0.2) is 34.9 Å². The molecule has 158 valence electrons. The van der Waals surface area contributed by atoms with E-state index in [0.717, 1.165) is 0 Å². The Labute approximate surface area is 175 Å². The van der Waals surface area contributed by atoms with Crippen LogP contribution >= 0.6 is 11.6 Å². The Morgan fingerprint density at radius 1 is 1.14 bits per heavy atom. The SMILES string of the molecule is COCCCNC(=O)c1coc(CN(CCCOC)C(=O)c2ccc(Cl)cc2)n1. The Hall–Kier alpha value is -2.42. The molecule has 0 unspecified atom stereocenters. The molecule has 0 atom stereocenters. The number of ether oxygens (including phenoxy) is 2. The Morgan fingerprint density at radius 2 is 1.83 bits per heavy atom. The van der Waals surface area contributed by atoms with Gasteiger partial charge in [-0.2, -0.15) is 0 Å². The number of hydrogen-bond acceptors (Lipinski definition) is 6. The van der Waals surface area contributed by atoms with Crippen molar-refractivity contribution in [1.82, 2.24) is 15.2 Å². The van der Waals surface area contributed by atoms with Gasteiger partial charge in [0, 0.05) is 51.1 Å². The van der Waals surface area contributed by atoms with E-state index >= 15 is 0 Å². The van der Waals surface area contributed by atoms with Crippen LogP contribution < -0.4 is 5.32 Å². The molecule has 0 aliphatic heterocycles. The number of carbonyl (C=O) groups is 2. The van der Waals surface area contributed by atoms with E-state index in [-0.39, 0.29) is 29.9 Å². The van der Waals surface area contributed by atoms with E-state index in [2.05, 4.69) is 10.3 Å². The molecule has 0 saturated carbocycles. The van der Waals surface area contributed by atoms with Crippen molar-refractivity contribution in [2.75, 3.05) is 40.5 Å². The van der Waals surface area contributed by atoms with Crippen LogP contribution in [0.3, 0.4) is 0 Å². The number of halogens is 1. The fraction of sp³-hybridized carbons (Fsp3) is 0.450. The summed E-state index contributed by atoms with van der Waals surface area (Å²) >= 11 is 5.90. The summed E-state index contributed by atoms with van der Waals surface area (Å²) in [6, 6.07) is 6.67. The third kappa shape index (κ3) is 7.49. The van der Waals surface area contributed by atoms with Gasteiger partial charge < -0.3 is 24.1 Å². The number of amides is 2. The van der Waals surface area contributed by atoms with Crippen LogP contribution in [-0.4, -0.2) is 62.2 Å². The first-order valence-corrected chi connectivity index (χ1v) is 9.68. The van der Waals surface area contributed by atoms with Gasteiger partial charge in [-0.1, -0.05) is 11.6 Å². The molecular weight excluding hydrogens is 398 g/mol. The molecule has 0 aliphatic carbocycles. The first-order valence-electron chi connectivity index (χ1n) is 9.30. The van der Waals surface area contributed by atoms with Gasteiger partial charge in [-0.25, -0.2) is 4.98 Å². The molecule has 0 spiro atoms. The van der Waals surface area contributed by atoms with Crippen LogP contribution in [0, 0.1) is 0 Å². The second-order valence-corrected chi connectivity index (χ2v) is 6.75. The highest BCUT2D eigenvalue weighted by molar-refractivity contribution is 6.30. The highest BCUT2D eigenvalue weighted by Gasteiger charge is 2.20. The van der Waals surface area contributed by atoms with Crippen LogP contribution in [-0.2, 0) is 16.0 Å². The van der Waals surface area contributed by atoms with E-state index in [1.54, 1.807) is 43.4 Å². The predicted octanol–water partition coefficient (Wildman–Crippen LogP) is 2.77. The van der Waals surface area contributed by atoms with Crippen molar-refractivity contribution in [3.8, 4) is 0 Å². The number of rotatable bonds is 12. The van der Waals surface area contributed by atoms with Gasteiger partial charge >= 0.3 is 0 Å². The highest BCUT2D eigenvalue weighted by Crippen LogP contribution is 2.14. The van der Waals surface area contributed by atoms with Gasteiger partial charge in [0.25, 0.3) is 11.8 Å². The third-order valence-corrected chi connectivity index (χ3v) is 4.33. The van der Waals surface area contributed by atoms with Crippen molar-refractivity contribution in [1.29, 1.82) is 0 Å². The summed E-state index contributed by atoms with van der Waals surface area (Å²) in [7, 11) is 3.21. The summed E-state index contributed by atoms with van der Waals surface area (Å²) in [5.41, 5.74) is 0.683. The first kappa shape index (κ1) is 22.9. The maximum Gasteiger partial charge on any atom is 0.273 e. The molecule has 1 heterocycles. The maximum atomic E-state index is 12.9. The zero-order valence-electron chi connectivity index (χ0n) is 16.7. The van der Waals surface area contributed by atoms with Crippen LogP contribution in [0.4, 0.5) is 0 Å². The number of nitrogens with one attached hydrogen (secondary N) is 1. The average molecular weight is 424 g/mol. The summed E-state index contributed by atoms with van der Waals surface area (Å²) in [6.45, 7) is 2.16. The summed E-state index contributed by atoms with van der Waals surface area (Å²) in [4.78, 5) is 30.8. The fourth-order valence-corrected chi connectivity index (χ4v) is 2.71. The van der Waals surface area contributed by atoms with E-state index in [0.29, 0.717) is 49.7 Å². The minimum absolute atomic E-state index is 0.141. The molecule has 29 heavy (non-hydrogen) atoms. The molecule has 1 N–H and O–H groups in total. The Balaban J connectivity index is 2.02. The van der Waals surface area contributed by atoms with Gasteiger partial charge in [-0.15, -0.1) is 0 Å². The van der Waals surface area contributed by atoms with Crippen molar-refractivity contribution in [2.45, 2.75) is 19.4 Å². The van der Waals surface area contributed by atoms with Crippen LogP contribution in [0.2, 0.25) is 5.02 Å². The molecule has 1 aromatic heterocycles. The Morgan fingerprint density at radius 3 is 2.52 bits per heavy atom. The lowest BCUT2D eigenvalue weighted by Gasteiger charge is -2.21. The first-order chi connectivity index (χ1) is 14.0. The predicted molar refractivity (Wildman–Crippen MR) is 108 cm³/mol. The zero-order chi connectivity index (χ0) is 21.1. The highest BCUT2D eigenvalue weighted by atomic mass is 35.5. The number of methoxy groups -OCH3 is 2. The zero-order valence-corrected chi connectivity index (χ0v) is 17.4. The standard InChI is InChI=1S/C20H26ClN3O5/c1-27-11-3-9-22-19(25)17-14-29-18(23-17)13-24(10-4-12-28-2)20(26)15-5-7-16(21)8-6-15/h5-8,14H,3-4,9-13H2,1-2H3,(H,22,25). The molecular formula is C20H26ClN3O5. The monoisotopic (exact) mass is 423 g/mol. The number of nitrogens with zero attached hydrogens (tertiary/aromatic N) is 2. The van der Waals surface area contributed by atoms with E-state index in [1.165, 1.54) is 6.26 Å². The van der Waals surface area contributed by atoms with Crippen molar-refractivity contribution < 1.29 is 23.5 Å². The largest absolute Gasteiger partial charge is 0.446 e. The maximum absolute atomic E-state index is 12.9. The van der Waals surface area contributed by atoms with Crippen LogP contribution in [0.5, 0.6) is 0 Å². The van der Waals surface area contributed by atoms with Gasteiger partial charge in [0.2, 0.25) is 5.89 Å². The quantitative estimate of drug-likeness (QED) is 0.527. The lowest BCUT2D eigenvalue weighted by atomic mass is 10.2. The second-order valence-electron chi connectivity index (χ2n) is 6.31. The average Bonchev–Trinajstić information content (AvgIpc) is 3.19. The van der Waals surface area contributed by atoms with Crippen molar-refractivity contribution in [3.05, 3.63) is 52.7 Å². The van der Waals surface area contributed by atoms with Gasteiger partial charge in [0.15, 0.2) is 5.69 Å². The van der Waals surface area contributed by atoms with Crippen molar-refractivity contribution in [2.24, 2.45) is 0 Å². The molecule has 0 bridgehead atoms. The molecule has 0 radical (unpaired) electrons. The molecule has 0 fully saturated rings. The summed E-state index contributed by atoms with van der Waals surface area (Å²) < 4.78 is 15.4. The van der Waals surface area contributed by atoms with E-state index in [9.17, 15) is 9.59 Å². The van der Waals surface area contributed by atoms with Crippen LogP contribution in [0.25, 0.3) is 0 Å². The minimum Gasteiger partial charge on any atom is -0.446 e. The smallest absolute Gasteiger partial charge is 0.273 e. The molecule has 2 amide bonds. The minimum atomic E-state index is -0.328. The molecule has 2 rings (SSSR count). The fourth-order valence-electron chi connectivity index (χ4n) is 2.59. The van der Waals surface area contributed by atoms with E-state index in [4.69, 9.17) is 25.5 Å². The summed E-state index contributed by atoms with van der Waals surface area (Å²) in [6.07, 6.45) is 2.65. The molecule has 8 nitrogen and oxygen atoms in total.